The molecule has 156 valence electrons. The fourth-order valence-corrected chi connectivity index (χ4v) is 6.38. The third-order valence-electron chi connectivity index (χ3n) is 6.24. The number of amides is 2. The van der Waals surface area contributed by atoms with Crippen LogP contribution in [0, 0.1) is 17.3 Å². The molecule has 0 bridgehead atoms. The summed E-state index contributed by atoms with van der Waals surface area (Å²) in [6.07, 6.45) is 0.282. The number of fused-ring (bicyclic) bond motifs is 1. The highest BCUT2D eigenvalue weighted by atomic mass is 32.2. The van der Waals surface area contributed by atoms with Gasteiger partial charge in [-0.25, -0.2) is 8.42 Å². The van der Waals surface area contributed by atoms with E-state index in [-0.39, 0.29) is 55.2 Å². The van der Waals surface area contributed by atoms with Crippen molar-refractivity contribution in [2.24, 2.45) is 17.3 Å². The summed E-state index contributed by atoms with van der Waals surface area (Å²) in [4.78, 5) is 42.4. The fraction of sp³-hybridized carbons (Fsp3) is 0.550. The Morgan fingerprint density at radius 2 is 1.97 bits per heavy atom. The van der Waals surface area contributed by atoms with E-state index in [1.807, 2.05) is 0 Å². The number of ketones is 1. The highest BCUT2D eigenvalue weighted by Crippen LogP contribution is 2.45. The molecule has 1 aromatic rings. The van der Waals surface area contributed by atoms with Crippen molar-refractivity contribution in [2.45, 2.75) is 6.42 Å². The van der Waals surface area contributed by atoms with Gasteiger partial charge in [0.05, 0.1) is 34.3 Å². The van der Waals surface area contributed by atoms with Crippen LogP contribution in [0.15, 0.2) is 24.3 Å². The van der Waals surface area contributed by atoms with Gasteiger partial charge in [-0.1, -0.05) is 12.1 Å². The van der Waals surface area contributed by atoms with E-state index in [1.54, 1.807) is 38.4 Å². The lowest BCUT2D eigenvalue weighted by Crippen LogP contribution is -2.51. The maximum absolute atomic E-state index is 13.5. The molecule has 2 fully saturated rings. The Morgan fingerprint density at radius 3 is 2.62 bits per heavy atom. The zero-order chi connectivity index (χ0) is 21.0. The number of benzene rings is 1. The van der Waals surface area contributed by atoms with Crippen molar-refractivity contribution in [2.75, 3.05) is 45.3 Å². The minimum absolute atomic E-state index is 0.00212. The van der Waals surface area contributed by atoms with Gasteiger partial charge in [0.15, 0.2) is 15.6 Å². The molecule has 9 heteroatoms. The van der Waals surface area contributed by atoms with E-state index < -0.39 is 27.1 Å². The first-order chi connectivity index (χ1) is 13.6. The molecule has 0 aromatic heterocycles. The average molecular weight is 420 g/mol. The Kier molecular flexibility index (Phi) is 4.68. The minimum Gasteiger partial charge on any atom is -0.492 e. The number of carbonyl (C=O) groups excluding carboxylic acids is 3. The van der Waals surface area contributed by atoms with E-state index in [4.69, 9.17) is 4.74 Å². The van der Waals surface area contributed by atoms with Crippen LogP contribution >= 0.6 is 0 Å². The lowest BCUT2D eigenvalue weighted by atomic mass is 9.71. The molecule has 0 radical (unpaired) electrons. The van der Waals surface area contributed by atoms with Crippen LogP contribution in [-0.4, -0.2) is 81.1 Å². The molecule has 0 N–H and O–H groups in total. The summed E-state index contributed by atoms with van der Waals surface area (Å²) in [5, 5.41) is 0. The maximum Gasteiger partial charge on any atom is 0.228 e. The van der Waals surface area contributed by atoms with Crippen molar-refractivity contribution in [1.82, 2.24) is 9.80 Å². The minimum atomic E-state index is -3.21. The topological polar surface area (TPSA) is 101 Å². The number of carbonyl (C=O) groups is 3. The number of sulfone groups is 1. The van der Waals surface area contributed by atoms with Gasteiger partial charge < -0.3 is 14.5 Å². The number of ether oxygens (including phenoxy) is 1. The van der Waals surface area contributed by atoms with Crippen molar-refractivity contribution >= 4 is 27.4 Å². The Morgan fingerprint density at radius 1 is 1.24 bits per heavy atom. The molecule has 8 nitrogen and oxygen atoms in total. The molecule has 3 aliphatic heterocycles. The van der Waals surface area contributed by atoms with Crippen molar-refractivity contribution in [1.29, 1.82) is 0 Å². The van der Waals surface area contributed by atoms with Crippen molar-refractivity contribution in [3.8, 4) is 5.75 Å². The van der Waals surface area contributed by atoms with E-state index >= 15 is 0 Å². The molecule has 29 heavy (non-hydrogen) atoms. The molecule has 4 rings (SSSR count). The molecular weight excluding hydrogens is 396 g/mol. The summed E-state index contributed by atoms with van der Waals surface area (Å²) < 4.78 is 29.5. The summed E-state index contributed by atoms with van der Waals surface area (Å²) in [5.74, 6) is -1.79. The van der Waals surface area contributed by atoms with E-state index in [0.29, 0.717) is 11.3 Å². The standard InChI is InChI=1S/C20H24N2O6S/c1-21(2)19(25)15-9-22(18(24)13-7-8-29(26,27)10-13)11-20(15)12-28-16-6-4-3-5-14(16)17(20)23/h3-6,13,15H,7-12H2,1-2H3/t13-,15+,20+/m0/s1. The number of Topliss-reactive ketones (excluding diaryl/α,β-unsaturated/α-hetero) is 1. The van der Waals surface area contributed by atoms with Gasteiger partial charge in [0, 0.05) is 27.2 Å². The molecule has 3 heterocycles. The second-order valence-corrected chi connectivity index (χ2v) is 10.6. The first kappa shape index (κ1) is 19.9. The number of nitrogens with zero attached hydrogens (tertiary/aromatic N) is 2. The third-order valence-corrected chi connectivity index (χ3v) is 8.01. The van der Waals surface area contributed by atoms with Crippen LogP contribution in [0.4, 0.5) is 0 Å². The molecule has 0 saturated carbocycles. The molecule has 0 aliphatic carbocycles. The van der Waals surface area contributed by atoms with Gasteiger partial charge in [0.2, 0.25) is 11.8 Å². The molecular formula is C20H24N2O6S. The second-order valence-electron chi connectivity index (χ2n) is 8.37. The van der Waals surface area contributed by atoms with Gasteiger partial charge >= 0.3 is 0 Å². The molecule has 1 spiro atoms. The Balaban J connectivity index is 1.68. The zero-order valence-corrected chi connectivity index (χ0v) is 17.3. The second kappa shape index (κ2) is 6.83. The first-order valence-corrected chi connectivity index (χ1v) is 11.4. The largest absolute Gasteiger partial charge is 0.492 e. The SMILES string of the molecule is CN(C)C(=O)[C@H]1CN(C(=O)[C@H]2CCS(=O)(=O)C2)C[C@@]12COc1ccccc1C2=O. The zero-order valence-electron chi connectivity index (χ0n) is 16.5. The number of likely N-dealkylation sites (tertiary alicyclic amines) is 1. The van der Waals surface area contributed by atoms with Crippen molar-refractivity contribution < 1.29 is 27.5 Å². The van der Waals surface area contributed by atoms with Crippen LogP contribution < -0.4 is 4.74 Å². The Hall–Kier alpha value is -2.42. The first-order valence-electron chi connectivity index (χ1n) is 9.62. The van der Waals surface area contributed by atoms with Crippen LogP contribution in [0.5, 0.6) is 5.75 Å². The summed E-state index contributed by atoms with van der Waals surface area (Å²) in [5.41, 5.74) is -0.754. The highest BCUT2D eigenvalue weighted by molar-refractivity contribution is 7.91. The van der Waals surface area contributed by atoms with E-state index in [1.165, 1.54) is 9.80 Å². The molecule has 2 amide bonds. The maximum atomic E-state index is 13.5. The average Bonchev–Trinajstić information content (AvgIpc) is 3.25. The predicted octanol–water partition coefficient (Wildman–Crippen LogP) is 0.229. The van der Waals surface area contributed by atoms with Gasteiger partial charge in [0.25, 0.3) is 0 Å². The van der Waals surface area contributed by atoms with Gasteiger partial charge in [-0.05, 0) is 18.6 Å². The van der Waals surface area contributed by atoms with Gasteiger partial charge in [-0.3, -0.25) is 14.4 Å². The van der Waals surface area contributed by atoms with E-state index in [9.17, 15) is 22.8 Å². The molecule has 1 aromatic carbocycles. The van der Waals surface area contributed by atoms with Crippen LogP contribution in [0.1, 0.15) is 16.8 Å². The van der Waals surface area contributed by atoms with Crippen LogP contribution in [-0.2, 0) is 19.4 Å². The molecule has 0 unspecified atom stereocenters. The van der Waals surface area contributed by atoms with Gasteiger partial charge in [0.1, 0.15) is 12.4 Å². The van der Waals surface area contributed by atoms with Gasteiger partial charge in [-0.2, -0.15) is 0 Å². The van der Waals surface area contributed by atoms with Crippen molar-refractivity contribution in [3.05, 3.63) is 29.8 Å². The monoisotopic (exact) mass is 420 g/mol. The van der Waals surface area contributed by atoms with Gasteiger partial charge in [-0.15, -0.1) is 0 Å². The van der Waals surface area contributed by atoms with E-state index in [0.717, 1.165) is 0 Å². The number of hydrogen-bond acceptors (Lipinski definition) is 6. The molecule has 2 saturated heterocycles. The number of rotatable bonds is 2. The predicted molar refractivity (Wildman–Crippen MR) is 104 cm³/mol. The summed E-state index contributed by atoms with van der Waals surface area (Å²) in [7, 11) is 0.0227. The Bertz CT molecular complexity index is 988. The Labute approximate surface area is 169 Å². The van der Waals surface area contributed by atoms with Crippen LogP contribution in [0.2, 0.25) is 0 Å². The third kappa shape index (κ3) is 3.21. The van der Waals surface area contributed by atoms with E-state index in [2.05, 4.69) is 0 Å². The lowest BCUT2D eigenvalue weighted by Gasteiger charge is -2.37. The van der Waals surface area contributed by atoms with Crippen LogP contribution in [0.3, 0.4) is 0 Å². The molecule has 3 aliphatic rings. The summed E-state index contributed by atoms with van der Waals surface area (Å²) in [6.45, 7) is 0.156. The highest BCUT2D eigenvalue weighted by Gasteiger charge is 2.59. The number of para-hydroxylation sites is 1. The lowest BCUT2D eigenvalue weighted by molar-refractivity contribution is -0.136. The summed E-state index contributed by atoms with van der Waals surface area (Å²) >= 11 is 0. The molecule has 3 atom stereocenters. The smallest absolute Gasteiger partial charge is 0.228 e. The van der Waals surface area contributed by atoms with Crippen LogP contribution in [0.25, 0.3) is 0 Å². The normalized spacial score (nSPS) is 30.1. The summed E-state index contributed by atoms with van der Waals surface area (Å²) in [6, 6.07) is 6.90. The quantitative estimate of drug-likeness (QED) is 0.679. The van der Waals surface area contributed by atoms with Crippen molar-refractivity contribution in [3.63, 3.8) is 0 Å². The fourth-order valence-electron chi connectivity index (χ4n) is 4.65. The number of hydrogen-bond donors (Lipinski definition) is 0.